The Morgan fingerprint density at radius 2 is 1.75 bits per heavy atom. The highest BCUT2D eigenvalue weighted by atomic mass is 16.3. The van der Waals surface area contributed by atoms with Crippen LogP contribution in [-0.4, -0.2) is 17.9 Å². The van der Waals surface area contributed by atoms with Crippen molar-refractivity contribution in [3.8, 4) is 0 Å². The molecule has 2 nitrogen and oxygen atoms in total. The molecule has 0 aromatic heterocycles. The number of nitrogens with zero attached hydrogens (tertiary/aromatic N) is 1. The highest BCUT2D eigenvalue weighted by molar-refractivity contribution is 5.65. The zero-order chi connectivity index (χ0) is 14.2. The number of aliphatic imine (C=N–C) groups is 1. The predicted octanol–water partition coefficient (Wildman–Crippen LogP) is 4.31. The van der Waals surface area contributed by atoms with Crippen LogP contribution in [0.3, 0.4) is 0 Å². The van der Waals surface area contributed by atoms with E-state index < -0.39 is 0 Å². The average molecular weight is 269 g/mol. The van der Waals surface area contributed by atoms with Crippen LogP contribution in [0.25, 0.3) is 12.2 Å². The number of aliphatic hydroxyl groups is 1. The molecule has 1 atom stereocenters. The van der Waals surface area contributed by atoms with Gasteiger partial charge in [0.05, 0.1) is 6.10 Å². The highest BCUT2D eigenvalue weighted by Gasteiger charge is 2.19. The Morgan fingerprint density at radius 3 is 2.40 bits per heavy atom. The molecule has 1 N–H and O–H groups in total. The minimum atomic E-state index is -0.329. The van der Waals surface area contributed by atoms with Crippen LogP contribution < -0.4 is 0 Å². The summed E-state index contributed by atoms with van der Waals surface area (Å²) in [6.07, 6.45) is 13.3. The first-order chi connectivity index (χ1) is 9.81. The fourth-order valence-corrected chi connectivity index (χ4v) is 2.78. The molecule has 1 aromatic rings. The van der Waals surface area contributed by atoms with E-state index in [1.54, 1.807) is 6.20 Å². The van der Waals surface area contributed by atoms with E-state index in [1.165, 1.54) is 19.3 Å². The van der Waals surface area contributed by atoms with Gasteiger partial charge in [-0.2, -0.15) is 0 Å². The molecule has 0 spiro atoms. The molecule has 106 valence electrons. The molecule has 1 fully saturated rings. The van der Waals surface area contributed by atoms with Crippen molar-refractivity contribution in [3.63, 3.8) is 0 Å². The predicted molar refractivity (Wildman–Crippen MR) is 86.6 cm³/mol. The van der Waals surface area contributed by atoms with Crippen molar-refractivity contribution in [1.82, 2.24) is 0 Å². The van der Waals surface area contributed by atoms with E-state index in [4.69, 9.17) is 0 Å². The summed E-state index contributed by atoms with van der Waals surface area (Å²) in [6.45, 7) is 3.45. The maximum Gasteiger partial charge on any atom is 0.0752 e. The van der Waals surface area contributed by atoms with Gasteiger partial charge in [0, 0.05) is 6.20 Å². The summed E-state index contributed by atoms with van der Waals surface area (Å²) in [5.41, 5.74) is 2.19. The summed E-state index contributed by atoms with van der Waals surface area (Å²) in [7, 11) is 0. The first kappa shape index (κ1) is 14.7. The van der Waals surface area contributed by atoms with E-state index in [0.29, 0.717) is 5.92 Å². The summed E-state index contributed by atoms with van der Waals surface area (Å²) >= 11 is 0. The van der Waals surface area contributed by atoms with Gasteiger partial charge in [0.25, 0.3) is 0 Å². The Hall–Kier alpha value is -1.67. The minimum Gasteiger partial charge on any atom is -0.389 e. The fraction of sp³-hybridized carbons (Fsp3) is 0.389. The van der Waals surface area contributed by atoms with Crippen LogP contribution in [0.5, 0.6) is 0 Å². The Balaban J connectivity index is 2.06. The molecule has 0 amide bonds. The molecule has 0 heterocycles. The van der Waals surface area contributed by atoms with E-state index in [0.717, 1.165) is 24.0 Å². The number of aliphatic hydroxyl groups excluding tert-OH is 1. The third-order valence-electron chi connectivity index (χ3n) is 3.96. The number of hydrogen-bond donors (Lipinski definition) is 1. The smallest absolute Gasteiger partial charge is 0.0752 e. The van der Waals surface area contributed by atoms with Crippen LogP contribution in [0.1, 0.15) is 43.2 Å². The normalized spacial score (nSPS) is 18.6. The molecule has 0 radical (unpaired) electrons. The van der Waals surface area contributed by atoms with Gasteiger partial charge >= 0.3 is 0 Å². The largest absolute Gasteiger partial charge is 0.389 e. The molecule has 20 heavy (non-hydrogen) atoms. The van der Waals surface area contributed by atoms with Gasteiger partial charge in [-0.1, -0.05) is 55.7 Å². The molecule has 1 aliphatic carbocycles. The lowest BCUT2D eigenvalue weighted by molar-refractivity contribution is 0.126. The van der Waals surface area contributed by atoms with Gasteiger partial charge in [0.2, 0.25) is 0 Å². The van der Waals surface area contributed by atoms with E-state index >= 15 is 0 Å². The zero-order valence-corrected chi connectivity index (χ0v) is 11.9. The van der Waals surface area contributed by atoms with Gasteiger partial charge in [-0.3, -0.25) is 4.99 Å². The molecule has 2 heteroatoms. The summed E-state index contributed by atoms with van der Waals surface area (Å²) in [4.78, 5) is 3.74. The summed E-state index contributed by atoms with van der Waals surface area (Å²) in [5, 5.41) is 10.3. The van der Waals surface area contributed by atoms with Gasteiger partial charge in [-0.05, 0) is 42.7 Å². The van der Waals surface area contributed by atoms with Crippen molar-refractivity contribution in [3.05, 3.63) is 47.7 Å². The van der Waals surface area contributed by atoms with Crippen LogP contribution in [0.15, 0.2) is 41.5 Å². The second-order valence-corrected chi connectivity index (χ2v) is 5.38. The molecule has 0 bridgehead atoms. The highest BCUT2D eigenvalue weighted by Crippen LogP contribution is 2.27. The van der Waals surface area contributed by atoms with Crippen molar-refractivity contribution in [2.24, 2.45) is 10.9 Å². The lowest BCUT2D eigenvalue weighted by Gasteiger charge is -2.24. The van der Waals surface area contributed by atoms with Crippen LogP contribution >= 0.6 is 0 Å². The maximum absolute atomic E-state index is 10.3. The first-order valence-electron chi connectivity index (χ1n) is 7.39. The maximum atomic E-state index is 10.3. The molecule has 0 aliphatic heterocycles. The lowest BCUT2D eigenvalue weighted by Crippen LogP contribution is -2.20. The SMILES string of the molecule is C=N/C=C/c1ccccc1/C=C/C(O)C1CCCCC1. The van der Waals surface area contributed by atoms with Gasteiger partial charge < -0.3 is 5.11 Å². The molecular weight excluding hydrogens is 246 g/mol. The van der Waals surface area contributed by atoms with E-state index in [1.807, 2.05) is 42.5 Å². The third kappa shape index (κ3) is 4.17. The number of benzene rings is 1. The van der Waals surface area contributed by atoms with Crippen molar-refractivity contribution in [2.75, 3.05) is 0 Å². The van der Waals surface area contributed by atoms with E-state index in [2.05, 4.69) is 11.7 Å². The van der Waals surface area contributed by atoms with Gasteiger partial charge in [-0.15, -0.1) is 0 Å². The second-order valence-electron chi connectivity index (χ2n) is 5.38. The van der Waals surface area contributed by atoms with Crippen molar-refractivity contribution < 1.29 is 5.11 Å². The van der Waals surface area contributed by atoms with E-state index in [9.17, 15) is 5.11 Å². The number of rotatable bonds is 5. The van der Waals surface area contributed by atoms with Gasteiger partial charge in [-0.25, -0.2) is 0 Å². The third-order valence-corrected chi connectivity index (χ3v) is 3.96. The Kier molecular flexibility index (Phi) is 5.75. The van der Waals surface area contributed by atoms with Crippen LogP contribution in [0.2, 0.25) is 0 Å². The Morgan fingerprint density at radius 1 is 1.10 bits per heavy atom. The van der Waals surface area contributed by atoms with Crippen LogP contribution in [-0.2, 0) is 0 Å². The number of hydrogen-bond acceptors (Lipinski definition) is 2. The quantitative estimate of drug-likeness (QED) is 0.794. The Labute approximate surface area is 121 Å². The summed E-state index contributed by atoms with van der Waals surface area (Å²) in [6, 6.07) is 8.09. The van der Waals surface area contributed by atoms with Crippen molar-refractivity contribution >= 4 is 18.9 Å². The molecular formula is C18H23NO. The summed E-state index contributed by atoms with van der Waals surface area (Å²) in [5.74, 6) is 0.428. The molecule has 0 saturated heterocycles. The average Bonchev–Trinajstić information content (AvgIpc) is 2.52. The molecule has 1 aromatic carbocycles. The first-order valence-corrected chi connectivity index (χ1v) is 7.39. The molecule has 1 unspecified atom stereocenters. The minimum absolute atomic E-state index is 0.329. The monoisotopic (exact) mass is 269 g/mol. The molecule has 1 aliphatic rings. The molecule has 2 rings (SSSR count). The standard InChI is InChI=1S/C18H23NO/c1-19-14-13-16-8-6-5-7-15(16)11-12-18(20)17-9-3-2-4-10-17/h5-8,11-14,17-18,20H,1-4,9-10H2/b12-11+,14-13+. The fourth-order valence-electron chi connectivity index (χ4n) is 2.78. The lowest BCUT2D eigenvalue weighted by atomic mass is 9.85. The topological polar surface area (TPSA) is 32.6 Å². The van der Waals surface area contributed by atoms with E-state index in [-0.39, 0.29) is 6.10 Å². The second kappa shape index (κ2) is 7.81. The zero-order valence-electron chi connectivity index (χ0n) is 11.9. The summed E-state index contributed by atoms with van der Waals surface area (Å²) < 4.78 is 0. The van der Waals surface area contributed by atoms with Gasteiger partial charge in [0.15, 0.2) is 0 Å². The van der Waals surface area contributed by atoms with Gasteiger partial charge in [0.1, 0.15) is 0 Å². The van der Waals surface area contributed by atoms with Crippen molar-refractivity contribution in [1.29, 1.82) is 0 Å². The molecule has 1 saturated carbocycles. The van der Waals surface area contributed by atoms with Crippen LogP contribution in [0, 0.1) is 5.92 Å². The van der Waals surface area contributed by atoms with Crippen LogP contribution in [0.4, 0.5) is 0 Å². The Bertz CT molecular complexity index is 484. The van der Waals surface area contributed by atoms with Crippen molar-refractivity contribution in [2.45, 2.75) is 38.2 Å².